The normalized spacial score (nSPS) is 15.8. The number of fused-ring (bicyclic) bond motifs is 1. The Morgan fingerprint density at radius 1 is 1.06 bits per heavy atom. The second kappa shape index (κ2) is 7.73. The predicted octanol–water partition coefficient (Wildman–Crippen LogP) is 4.16. The molecule has 0 saturated carbocycles. The third kappa shape index (κ3) is 3.17. The quantitative estimate of drug-likeness (QED) is 0.433. The molecule has 3 aromatic heterocycles. The molecule has 0 spiro atoms. The van der Waals surface area contributed by atoms with Crippen molar-refractivity contribution in [2.45, 2.75) is 6.04 Å². The second-order valence-electron chi connectivity index (χ2n) is 7.61. The summed E-state index contributed by atoms with van der Waals surface area (Å²) in [7, 11) is 0. The van der Waals surface area contributed by atoms with E-state index in [1.54, 1.807) is 48.8 Å². The lowest BCUT2D eigenvalue weighted by Crippen LogP contribution is -2.28. The molecule has 11 heteroatoms. The molecule has 5 aromatic rings. The van der Waals surface area contributed by atoms with Gasteiger partial charge in [0.1, 0.15) is 36.4 Å². The summed E-state index contributed by atoms with van der Waals surface area (Å²) in [5, 5.41) is 10.8. The Hall–Kier alpha value is -4.67. The first-order valence-electron chi connectivity index (χ1n) is 10.3. The van der Waals surface area contributed by atoms with Crippen molar-refractivity contribution in [3.8, 4) is 22.5 Å². The highest BCUT2D eigenvalue weighted by Gasteiger charge is 2.37. The number of hydrogen-bond acceptors (Lipinski definition) is 6. The zero-order chi connectivity index (χ0) is 23.2. The van der Waals surface area contributed by atoms with Crippen LogP contribution in [0.5, 0.6) is 0 Å². The van der Waals surface area contributed by atoms with Crippen molar-refractivity contribution < 1.29 is 18.3 Å². The van der Waals surface area contributed by atoms with Gasteiger partial charge in [-0.1, -0.05) is 24.3 Å². The Balaban J connectivity index is 1.42. The Morgan fingerprint density at radius 3 is 2.74 bits per heavy atom. The first-order valence-corrected chi connectivity index (χ1v) is 10.3. The standard InChI is InChI=1S/C23H15F2N7O2/c24-17-4-2-1-3-14(17)19-11-34-23(33)32(19)20-7-8-31-22(29-20)16(10-28-31)13-5-6-15(18(25)9-13)21-26-12-27-30-21/h1-10,12,19H,11H2,(H,26,27,30)/t19-/m1/s1. The number of carbonyl (C=O) groups excluding carboxylic acids is 1. The van der Waals surface area contributed by atoms with Gasteiger partial charge in [-0.2, -0.15) is 10.2 Å². The summed E-state index contributed by atoms with van der Waals surface area (Å²) >= 11 is 0. The van der Waals surface area contributed by atoms with Crippen LogP contribution >= 0.6 is 0 Å². The highest BCUT2D eigenvalue weighted by molar-refractivity contribution is 5.90. The Morgan fingerprint density at radius 2 is 1.94 bits per heavy atom. The number of nitrogens with one attached hydrogen (secondary N) is 1. The van der Waals surface area contributed by atoms with Gasteiger partial charge in [0.2, 0.25) is 0 Å². The fourth-order valence-electron chi connectivity index (χ4n) is 4.05. The van der Waals surface area contributed by atoms with Crippen molar-refractivity contribution in [1.82, 2.24) is 29.8 Å². The molecule has 2 aromatic carbocycles. The number of ether oxygens (including phenoxy) is 1. The lowest BCUT2D eigenvalue weighted by atomic mass is 10.1. The summed E-state index contributed by atoms with van der Waals surface area (Å²) in [5.41, 5.74) is 2.06. The SMILES string of the molecule is O=C1OC[C@H](c2ccccc2F)N1c1ccn2ncc(-c3ccc(-c4nc[nH]n4)c(F)c3)c2n1. The average molecular weight is 459 g/mol. The van der Waals surface area contributed by atoms with Crippen molar-refractivity contribution in [1.29, 1.82) is 0 Å². The fourth-order valence-corrected chi connectivity index (χ4v) is 4.05. The number of rotatable bonds is 4. The minimum atomic E-state index is -0.673. The van der Waals surface area contributed by atoms with E-state index < -0.39 is 23.8 Å². The summed E-state index contributed by atoms with van der Waals surface area (Å²) in [6.07, 6.45) is 3.93. The molecule has 4 heterocycles. The molecule has 168 valence electrons. The summed E-state index contributed by atoms with van der Waals surface area (Å²) in [6, 6.07) is 11.8. The molecule has 0 aliphatic carbocycles. The number of halogens is 2. The number of amides is 1. The molecule has 1 aliphatic rings. The van der Waals surface area contributed by atoms with E-state index in [0.29, 0.717) is 22.3 Å². The number of aromatic nitrogens is 6. The molecule has 9 nitrogen and oxygen atoms in total. The van der Waals surface area contributed by atoms with Gasteiger partial charge in [0, 0.05) is 17.3 Å². The van der Waals surface area contributed by atoms with Crippen LogP contribution < -0.4 is 4.90 Å². The Bertz CT molecular complexity index is 1530. The van der Waals surface area contributed by atoms with Crippen LogP contribution in [0, 0.1) is 11.6 Å². The highest BCUT2D eigenvalue weighted by atomic mass is 19.1. The monoisotopic (exact) mass is 459 g/mol. The fraction of sp³-hybridized carbons (Fsp3) is 0.0870. The van der Waals surface area contributed by atoms with Crippen LogP contribution in [0.2, 0.25) is 0 Å². The topological polar surface area (TPSA) is 101 Å². The van der Waals surface area contributed by atoms with Gasteiger partial charge in [-0.3, -0.25) is 10.00 Å². The molecule has 1 N–H and O–H groups in total. The number of anilines is 1. The number of carbonyl (C=O) groups is 1. The zero-order valence-electron chi connectivity index (χ0n) is 17.4. The van der Waals surface area contributed by atoms with E-state index in [9.17, 15) is 13.6 Å². The Kier molecular flexibility index (Phi) is 4.54. The van der Waals surface area contributed by atoms with Gasteiger partial charge in [0.05, 0.1) is 11.8 Å². The number of benzene rings is 2. The molecule has 0 bridgehead atoms. The van der Waals surface area contributed by atoms with Gasteiger partial charge in [0.15, 0.2) is 11.5 Å². The number of hydrogen-bond donors (Lipinski definition) is 1. The lowest BCUT2D eigenvalue weighted by Gasteiger charge is -2.21. The predicted molar refractivity (Wildman–Crippen MR) is 117 cm³/mol. The second-order valence-corrected chi connectivity index (χ2v) is 7.61. The van der Waals surface area contributed by atoms with Gasteiger partial charge in [0.25, 0.3) is 0 Å². The van der Waals surface area contributed by atoms with Crippen molar-refractivity contribution >= 4 is 17.6 Å². The van der Waals surface area contributed by atoms with Crippen molar-refractivity contribution in [2.24, 2.45) is 0 Å². The van der Waals surface area contributed by atoms with E-state index >= 15 is 0 Å². The number of aromatic amines is 1. The van der Waals surface area contributed by atoms with Gasteiger partial charge in [-0.25, -0.2) is 28.1 Å². The van der Waals surface area contributed by atoms with E-state index in [1.165, 1.54) is 27.9 Å². The minimum absolute atomic E-state index is 0.00730. The van der Waals surface area contributed by atoms with E-state index in [-0.39, 0.29) is 23.8 Å². The molecule has 1 aliphatic heterocycles. The molecule has 1 saturated heterocycles. The number of cyclic esters (lactones) is 1. The molecular weight excluding hydrogens is 444 g/mol. The van der Waals surface area contributed by atoms with Crippen molar-refractivity contribution in [2.75, 3.05) is 11.5 Å². The minimum Gasteiger partial charge on any atom is -0.447 e. The average Bonchev–Trinajstić information content (AvgIpc) is 3.59. The molecule has 34 heavy (non-hydrogen) atoms. The number of nitrogens with zero attached hydrogens (tertiary/aromatic N) is 6. The van der Waals surface area contributed by atoms with Gasteiger partial charge in [-0.15, -0.1) is 0 Å². The third-order valence-electron chi connectivity index (χ3n) is 5.67. The van der Waals surface area contributed by atoms with Crippen LogP contribution in [0.15, 0.2) is 67.3 Å². The first-order chi connectivity index (χ1) is 16.6. The van der Waals surface area contributed by atoms with E-state index in [1.807, 2.05) is 0 Å². The smallest absolute Gasteiger partial charge is 0.416 e. The number of H-pyrrole nitrogens is 1. The zero-order valence-corrected chi connectivity index (χ0v) is 17.4. The van der Waals surface area contributed by atoms with Crippen molar-refractivity contribution in [3.63, 3.8) is 0 Å². The van der Waals surface area contributed by atoms with Gasteiger partial charge < -0.3 is 4.74 Å². The maximum Gasteiger partial charge on any atom is 0.416 e. The van der Waals surface area contributed by atoms with E-state index in [2.05, 4.69) is 25.3 Å². The van der Waals surface area contributed by atoms with E-state index in [4.69, 9.17) is 4.74 Å². The molecule has 0 radical (unpaired) electrons. The van der Waals surface area contributed by atoms with Gasteiger partial charge in [-0.05, 0) is 29.8 Å². The molecule has 0 unspecified atom stereocenters. The highest BCUT2D eigenvalue weighted by Crippen LogP contribution is 2.35. The van der Waals surface area contributed by atoms with Crippen LogP contribution in [0.1, 0.15) is 11.6 Å². The molecular formula is C23H15F2N7O2. The van der Waals surface area contributed by atoms with Crippen LogP contribution in [0.25, 0.3) is 28.2 Å². The summed E-state index contributed by atoms with van der Waals surface area (Å²) in [6.45, 7) is -0.00730. The van der Waals surface area contributed by atoms with Crippen LogP contribution in [0.3, 0.4) is 0 Å². The maximum atomic E-state index is 14.8. The molecule has 6 rings (SSSR count). The molecule has 1 amide bonds. The summed E-state index contributed by atoms with van der Waals surface area (Å²) in [5.74, 6) is -0.432. The Labute approximate surface area is 190 Å². The maximum absolute atomic E-state index is 14.8. The molecule has 1 atom stereocenters. The summed E-state index contributed by atoms with van der Waals surface area (Å²) < 4.78 is 36.0. The van der Waals surface area contributed by atoms with Crippen LogP contribution in [-0.2, 0) is 4.74 Å². The van der Waals surface area contributed by atoms with Crippen LogP contribution in [0.4, 0.5) is 19.4 Å². The van der Waals surface area contributed by atoms with Crippen molar-refractivity contribution in [3.05, 3.63) is 84.4 Å². The van der Waals surface area contributed by atoms with Crippen LogP contribution in [-0.4, -0.2) is 42.5 Å². The third-order valence-corrected chi connectivity index (χ3v) is 5.67. The lowest BCUT2D eigenvalue weighted by molar-refractivity contribution is 0.178. The van der Waals surface area contributed by atoms with E-state index in [0.717, 1.165) is 0 Å². The first kappa shape index (κ1) is 20.0. The molecule has 1 fully saturated rings. The summed E-state index contributed by atoms with van der Waals surface area (Å²) in [4.78, 5) is 22.4. The largest absolute Gasteiger partial charge is 0.447 e. The van der Waals surface area contributed by atoms with Gasteiger partial charge >= 0.3 is 6.09 Å².